The number of hydrogen-bond acceptors (Lipinski definition) is 11. The predicted octanol–water partition coefficient (Wildman–Crippen LogP) is -5.36. The lowest BCUT2D eigenvalue weighted by atomic mass is 10.1. The van der Waals surface area contributed by atoms with E-state index in [-0.39, 0.29) is 12.6 Å². The van der Waals surface area contributed by atoms with Gasteiger partial charge in [0.1, 0.15) is 36.6 Å². The van der Waals surface area contributed by atoms with Gasteiger partial charge in [0, 0.05) is 0 Å². The third-order valence-corrected chi connectivity index (χ3v) is 2.85. The summed E-state index contributed by atoms with van der Waals surface area (Å²) in [6, 6.07) is 0. The van der Waals surface area contributed by atoms with Crippen LogP contribution >= 0.6 is 7.82 Å². The molecular formula is C10H21O13P. The summed E-state index contributed by atoms with van der Waals surface area (Å²) in [7, 11) is -4.74. The van der Waals surface area contributed by atoms with Crippen molar-refractivity contribution in [2.45, 2.75) is 36.6 Å². The van der Waals surface area contributed by atoms with Crippen molar-refractivity contribution in [1.82, 2.24) is 0 Å². The maximum atomic E-state index is 10.1. The lowest BCUT2D eigenvalue weighted by Gasteiger charge is -2.19. The molecule has 0 saturated carbocycles. The van der Waals surface area contributed by atoms with Crippen LogP contribution in [0.5, 0.6) is 0 Å². The summed E-state index contributed by atoms with van der Waals surface area (Å²) in [4.78, 5) is 36.1. The molecule has 0 aromatic rings. The number of hydrogen-bond donors (Lipinski definition) is 9. The van der Waals surface area contributed by atoms with Crippen LogP contribution in [0.15, 0.2) is 0 Å². The summed E-state index contributed by atoms with van der Waals surface area (Å²) < 4.78 is 14.0. The van der Waals surface area contributed by atoms with Gasteiger partial charge in [-0.05, 0) is 0 Å². The van der Waals surface area contributed by atoms with Crippen LogP contribution in [0.2, 0.25) is 0 Å². The van der Waals surface area contributed by atoms with Crippen LogP contribution in [0.25, 0.3) is 0 Å². The van der Waals surface area contributed by atoms with Gasteiger partial charge in [-0.1, -0.05) is 0 Å². The Morgan fingerprint density at radius 2 is 1.21 bits per heavy atom. The zero-order valence-corrected chi connectivity index (χ0v) is 13.0. The van der Waals surface area contributed by atoms with Crippen molar-refractivity contribution in [3.05, 3.63) is 0 Å². The Kier molecular flexibility index (Phi) is 13.3. The maximum Gasteiger partial charge on any atom is 0.469 e. The molecule has 6 atom stereocenters. The number of carbonyl (C=O) groups is 2. The Labute approximate surface area is 135 Å². The van der Waals surface area contributed by atoms with Crippen molar-refractivity contribution in [2.75, 3.05) is 13.2 Å². The van der Waals surface area contributed by atoms with E-state index < -0.39 is 57.7 Å². The number of carbonyl (C=O) groups excluding carboxylic acids is 2. The van der Waals surface area contributed by atoms with Crippen LogP contribution in [0.1, 0.15) is 0 Å². The summed E-state index contributed by atoms with van der Waals surface area (Å²) in [5, 5.41) is 60.6. The minimum absolute atomic E-state index is 0.0225. The van der Waals surface area contributed by atoms with E-state index in [0.717, 1.165) is 0 Å². The topological polar surface area (TPSA) is 243 Å². The Balaban J connectivity index is 0. The van der Waals surface area contributed by atoms with Crippen molar-refractivity contribution in [1.29, 1.82) is 0 Å². The predicted molar refractivity (Wildman–Crippen MR) is 73.3 cm³/mol. The Hall–Kier alpha value is -0.830. The third-order valence-electron chi connectivity index (χ3n) is 2.37. The number of phosphoric acid groups is 1. The van der Waals surface area contributed by atoms with E-state index in [4.69, 9.17) is 45.5 Å². The highest BCUT2D eigenvalue weighted by atomic mass is 31.2. The molecule has 0 radical (unpaired) electrons. The van der Waals surface area contributed by atoms with E-state index in [9.17, 15) is 14.2 Å². The zero-order valence-electron chi connectivity index (χ0n) is 12.1. The molecule has 0 aliphatic heterocycles. The fraction of sp³-hybridized carbons (Fsp3) is 0.800. The molecule has 0 unspecified atom stereocenters. The first kappa shape index (κ1) is 25.4. The summed E-state index contributed by atoms with van der Waals surface area (Å²) in [5.41, 5.74) is 0. The lowest BCUT2D eigenvalue weighted by molar-refractivity contribution is -0.128. The van der Waals surface area contributed by atoms with Crippen molar-refractivity contribution < 1.29 is 64.2 Å². The van der Waals surface area contributed by atoms with E-state index in [1.54, 1.807) is 0 Å². The molecule has 0 aliphatic carbocycles. The van der Waals surface area contributed by atoms with E-state index in [1.165, 1.54) is 0 Å². The molecule has 0 aliphatic rings. The molecule has 0 heterocycles. The summed E-state index contributed by atoms with van der Waals surface area (Å²) >= 11 is 0. The molecule has 0 saturated heterocycles. The fourth-order valence-electron chi connectivity index (χ4n) is 0.996. The molecule has 0 aromatic carbocycles. The van der Waals surface area contributed by atoms with Crippen molar-refractivity contribution in [3.63, 3.8) is 0 Å². The van der Waals surface area contributed by atoms with Gasteiger partial charge in [-0.3, -0.25) is 4.52 Å². The standard InChI is InChI=1S/C5H11O8P.C5H10O5/c6-1-3(7)5(9)4(8)2-13-14(10,11)12;6-1-3(8)5(10)4(9)2-7/h1,3-5,7-9H,2H2,(H2,10,11,12);1,3-5,7-10H,2H2/t2*3-,4+,5-/m00/s1. The second kappa shape index (κ2) is 12.5. The Morgan fingerprint density at radius 1 is 0.833 bits per heavy atom. The third kappa shape index (κ3) is 11.7. The van der Waals surface area contributed by atoms with Crippen LogP contribution in [0, 0.1) is 0 Å². The molecule has 0 spiro atoms. The smallest absolute Gasteiger partial charge is 0.394 e. The van der Waals surface area contributed by atoms with Crippen LogP contribution in [-0.2, 0) is 18.7 Å². The van der Waals surface area contributed by atoms with Crippen molar-refractivity contribution in [2.24, 2.45) is 0 Å². The minimum atomic E-state index is -4.74. The normalized spacial score (nSPS) is 19.0. The van der Waals surface area contributed by atoms with Gasteiger partial charge in [0.25, 0.3) is 0 Å². The lowest BCUT2D eigenvalue weighted by Crippen LogP contribution is -2.40. The molecule has 9 N–H and O–H groups in total. The van der Waals surface area contributed by atoms with E-state index in [0.29, 0.717) is 0 Å². The van der Waals surface area contributed by atoms with Gasteiger partial charge in [0.15, 0.2) is 12.6 Å². The quantitative estimate of drug-likeness (QED) is 0.127. The number of aliphatic hydroxyl groups is 7. The molecule has 0 amide bonds. The largest absolute Gasteiger partial charge is 0.469 e. The molecular weight excluding hydrogens is 359 g/mol. The van der Waals surface area contributed by atoms with Gasteiger partial charge in [-0.2, -0.15) is 0 Å². The first-order chi connectivity index (χ1) is 10.9. The van der Waals surface area contributed by atoms with Crippen LogP contribution in [0.3, 0.4) is 0 Å². The molecule has 24 heavy (non-hydrogen) atoms. The first-order valence-corrected chi connectivity index (χ1v) is 7.74. The van der Waals surface area contributed by atoms with Gasteiger partial charge in [-0.15, -0.1) is 0 Å². The molecule has 0 fully saturated rings. The zero-order chi connectivity index (χ0) is 19.5. The number of aliphatic hydroxyl groups excluding tert-OH is 7. The fourth-order valence-corrected chi connectivity index (χ4v) is 1.34. The highest BCUT2D eigenvalue weighted by Gasteiger charge is 2.27. The van der Waals surface area contributed by atoms with Crippen LogP contribution in [0.4, 0.5) is 0 Å². The Bertz CT molecular complexity index is 398. The van der Waals surface area contributed by atoms with Crippen molar-refractivity contribution >= 4 is 20.4 Å². The summed E-state index contributed by atoms with van der Waals surface area (Å²) in [5.74, 6) is 0. The second-order valence-corrected chi connectivity index (χ2v) is 5.58. The molecule has 0 aromatic heterocycles. The summed E-state index contributed by atoms with van der Waals surface area (Å²) in [6.45, 7) is -1.58. The van der Waals surface area contributed by atoms with Gasteiger partial charge in [0.2, 0.25) is 0 Å². The van der Waals surface area contributed by atoms with E-state index in [2.05, 4.69) is 4.52 Å². The minimum Gasteiger partial charge on any atom is -0.394 e. The molecule has 13 nitrogen and oxygen atoms in total. The molecule has 14 heteroatoms. The Morgan fingerprint density at radius 3 is 1.50 bits per heavy atom. The monoisotopic (exact) mass is 380 g/mol. The highest BCUT2D eigenvalue weighted by molar-refractivity contribution is 7.46. The van der Waals surface area contributed by atoms with E-state index in [1.807, 2.05) is 0 Å². The van der Waals surface area contributed by atoms with Crippen LogP contribution in [-0.4, -0.2) is 108 Å². The molecule has 144 valence electrons. The van der Waals surface area contributed by atoms with Gasteiger partial charge >= 0.3 is 7.82 Å². The van der Waals surface area contributed by atoms with Gasteiger partial charge < -0.3 is 55.1 Å². The average molecular weight is 380 g/mol. The van der Waals surface area contributed by atoms with Crippen LogP contribution < -0.4 is 0 Å². The SMILES string of the molecule is O=C[C@H](O)[C@H](O)[C@H](O)CO.O=C[C@H](O)[C@H](O)[C@H](O)COP(=O)(O)O. The number of rotatable bonds is 10. The van der Waals surface area contributed by atoms with Gasteiger partial charge in [0.05, 0.1) is 13.2 Å². The highest BCUT2D eigenvalue weighted by Crippen LogP contribution is 2.35. The second-order valence-electron chi connectivity index (χ2n) is 4.34. The molecule has 0 bridgehead atoms. The first-order valence-electron chi connectivity index (χ1n) is 6.21. The average Bonchev–Trinajstić information content (AvgIpc) is 2.55. The number of phosphoric ester groups is 1. The number of aldehydes is 2. The summed E-state index contributed by atoms with van der Waals surface area (Å²) in [6.07, 6.45) is -10.1. The maximum absolute atomic E-state index is 10.1. The molecule has 0 rings (SSSR count). The van der Waals surface area contributed by atoms with E-state index >= 15 is 0 Å². The van der Waals surface area contributed by atoms with Gasteiger partial charge in [-0.25, -0.2) is 4.57 Å². The van der Waals surface area contributed by atoms with Crippen molar-refractivity contribution in [3.8, 4) is 0 Å².